The van der Waals surface area contributed by atoms with Crippen LogP contribution in [0.3, 0.4) is 0 Å². The third kappa shape index (κ3) is 4.88. The number of likely N-dealkylation sites (N-methyl/N-ethyl adjacent to an activating group) is 1. The van der Waals surface area contributed by atoms with Gasteiger partial charge in [-0.1, -0.05) is 17.7 Å². The number of carbonyl (C=O) groups excluding carboxylic acids is 1. The van der Waals surface area contributed by atoms with Gasteiger partial charge in [0.2, 0.25) is 10.0 Å². The number of nitrogens with zero attached hydrogens (tertiary/aromatic N) is 3. The normalized spacial score (nSPS) is 12.3. The number of carbonyl (C=O) groups is 1. The number of amides is 1. The van der Waals surface area contributed by atoms with Crippen molar-refractivity contribution in [1.29, 1.82) is 0 Å². The van der Waals surface area contributed by atoms with Gasteiger partial charge >= 0.3 is 0 Å². The van der Waals surface area contributed by atoms with Crippen molar-refractivity contribution >= 4 is 22.1 Å². The van der Waals surface area contributed by atoms with Gasteiger partial charge in [-0.25, -0.2) is 13.8 Å². The third-order valence-electron chi connectivity index (χ3n) is 4.53. The molecule has 0 bridgehead atoms. The molecule has 0 aliphatic rings. The average Bonchev–Trinajstić information content (AvgIpc) is 2.89. The minimum Gasteiger partial charge on any atom is -0.346 e. The van der Waals surface area contributed by atoms with Crippen LogP contribution in [0.25, 0.3) is 0 Å². The van der Waals surface area contributed by atoms with Crippen molar-refractivity contribution < 1.29 is 13.2 Å². The summed E-state index contributed by atoms with van der Waals surface area (Å²) in [5.41, 5.74) is 6.44. The minimum atomic E-state index is -3.73. The summed E-state index contributed by atoms with van der Waals surface area (Å²) in [6, 6.07) is 8.83. The van der Waals surface area contributed by atoms with Crippen LogP contribution in [0.1, 0.15) is 42.4 Å². The highest BCUT2D eigenvalue weighted by atomic mass is 32.2. The van der Waals surface area contributed by atoms with E-state index in [1.54, 1.807) is 18.3 Å². The number of hydrogen-bond donors (Lipinski definition) is 1. The molecule has 0 unspecified atom stereocenters. The molecule has 2 rings (SSSR count). The van der Waals surface area contributed by atoms with E-state index >= 15 is 0 Å². The number of rotatable bonds is 7. The Morgan fingerprint density at radius 1 is 1.21 bits per heavy atom. The van der Waals surface area contributed by atoms with Crippen LogP contribution in [0.15, 0.2) is 40.3 Å². The third-order valence-corrected chi connectivity index (χ3v) is 6.35. The Morgan fingerprint density at radius 3 is 2.36 bits per heavy atom. The van der Waals surface area contributed by atoms with Gasteiger partial charge in [-0.05, 0) is 52.8 Å². The first-order chi connectivity index (χ1) is 13.0. The highest BCUT2D eigenvalue weighted by Crippen LogP contribution is 2.18. The summed E-state index contributed by atoms with van der Waals surface area (Å²) in [4.78, 5) is 12.3. The Bertz CT molecular complexity index is 974. The molecule has 0 radical (unpaired) electrons. The molecule has 0 aliphatic heterocycles. The van der Waals surface area contributed by atoms with Crippen molar-refractivity contribution in [2.75, 3.05) is 13.6 Å². The van der Waals surface area contributed by atoms with E-state index in [1.165, 1.54) is 19.2 Å². The van der Waals surface area contributed by atoms with Crippen molar-refractivity contribution in [3.63, 3.8) is 0 Å². The molecule has 0 aliphatic carbocycles. The predicted octanol–water partition coefficient (Wildman–Crippen LogP) is 2.77. The van der Waals surface area contributed by atoms with Crippen LogP contribution in [0.5, 0.6) is 0 Å². The summed E-state index contributed by atoms with van der Waals surface area (Å²) >= 11 is 0. The van der Waals surface area contributed by atoms with Gasteiger partial charge in [-0.15, -0.1) is 0 Å². The highest BCUT2D eigenvalue weighted by Gasteiger charge is 2.22. The minimum absolute atomic E-state index is 0.151. The van der Waals surface area contributed by atoms with E-state index in [4.69, 9.17) is 0 Å². The second-order valence-electron chi connectivity index (χ2n) is 7.16. The monoisotopic (exact) mass is 404 g/mol. The maximum atomic E-state index is 12.5. The van der Waals surface area contributed by atoms with Crippen molar-refractivity contribution in [3.8, 4) is 0 Å². The summed E-state index contributed by atoms with van der Waals surface area (Å²) in [5.74, 6) is -0.507. The number of aromatic nitrogens is 1. The lowest BCUT2D eigenvalue weighted by Crippen LogP contribution is -2.36. The van der Waals surface area contributed by atoms with Crippen LogP contribution in [0, 0.1) is 20.8 Å². The van der Waals surface area contributed by atoms with Gasteiger partial charge < -0.3 is 4.57 Å². The number of benzene rings is 1. The summed E-state index contributed by atoms with van der Waals surface area (Å²) in [5, 5.41) is 3.98. The van der Waals surface area contributed by atoms with Crippen LogP contribution in [-0.2, 0) is 14.8 Å². The van der Waals surface area contributed by atoms with Crippen LogP contribution in [0.4, 0.5) is 0 Å². The average molecular weight is 405 g/mol. The Hall–Kier alpha value is -2.45. The SMILES string of the molecule is Cc1ccc(S(=O)(=O)N(C)CC(=O)N/N=C\c2cc(C)n(C(C)C)c2C)cc1. The lowest BCUT2D eigenvalue weighted by molar-refractivity contribution is -0.121. The molecule has 0 saturated heterocycles. The largest absolute Gasteiger partial charge is 0.346 e. The first kappa shape index (κ1) is 21.8. The summed E-state index contributed by atoms with van der Waals surface area (Å²) in [7, 11) is -2.36. The van der Waals surface area contributed by atoms with E-state index in [0.717, 1.165) is 26.8 Å². The smallest absolute Gasteiger partial charge is 0.255 e. The Kier molecular flexibility index (Phi) is 6.79. The van der Waals surface area contributed by atoms with Crippen LogP contribution < -0.4 is 5.43 Å². The second-order valence-corrected chi connectivity index (χ2v) is 9.20. The van der Waals surface area contributed by atoms with Crippen LogP contribution >= 0.6 is 0 Å². The Labute approximate surface area is 167 Å². The van der Waals surface area contributed by atoms with E-state index in [-0.39, 0.29) is 11.4 Å². The van der Waals surface area contributed by atoms with Gasteiger partial charge in [0, 0.05) is 30.0 Å². The lowest BCUT2D eigenvalue weighted by Gasteiger charge is -2.16. The van der Waals surface area contributed by atoms with E-state index in [1.807, 2.05) is 26.8 Å². The maximum absolute atomic E-state index is 12.5. The number of nitrogens with one attached hydrogen (secondary N) is 1. The van der Waals surface area contributed by atoms with Gasteiger partial charge in [0.1, 0.15) is 0 Å². The zero-order chi connectivity index (χ0) is 21.1. The van der Waals surface area contributed by atoms with Crippen LogP contribution in [-0.4, -0.2) is 43.0 Å². The van der Waals surface area contributed by atoms with E-state index in [0.29, 0.717) is 6.04 Å². The number of aryl methyl sites for hydroxylation is 2. The molecule has 0 atom stereocenters. The van der Waals surface area contributed by atoms with E-state index in [2.05, 4.69) is 28.9 Å². The molecule has 0 spiro atoms. The molecule has 28 heavy (non-hydrogen) atoms. The zero-order valence-corrected chi connectivity index (χ0v) is 18.0. The van der Waals surface area contributed by atoms with Crippen molar-refractivity contribution in [2.24, 2.45) is 5.10 Å². The molecule has 1 aromatic heterocycles. The standard InChI is InChI=1S/C20H28N4O3S/c1-14(2)24-16(4)11-18(17(24)5)12-21-22-20(25)13-23(6)28(26,27)19-9-7-15(3)8-10-19/h7-12,14H,13H2,1-6H3,(H,22,25)/b21-12-. The molecule has 0 fully saturated rings. The maximum Gasteiger partial charge on any atom is 0.255 e. The molecule has 1 aromatic carbocycles. The fourth-order valence-corrected chi connectivity index (χ4v) is 4.24. The van der Waals surface area contributed by atoms with Crippen molar-refractivity contribution in [2.45, 2.75) is 45.6 Å². The van der Waals surface area contributed by atoms with Gasteiger partial charge in [0.25, 0.3) is 5.91 Å². The predicted molar refractivity (Wildman–Crippen MR) is 111 cm³/mol. The summed E-state index contributed by atoms with van der Waals surface area (Å²) in [6.07, 6.45) is 1.58. The second kappa shape index (κ2) is 8.70. The van der Waals surface area contributed by atoms with E-state index in [9.17, 15) is 13.2 Å². The summed E-state index contributed by atoms with van der Waals surface area (Å²) in [6.45, 7) is 9.79. The number of hydrazone groups is 1. The van der Waals surface area contributed by atoms with Crippen molar-refractivity contribution in [1.82, 2.24) is 14.3 Å². The number of hydrogen-bond acceptors (Lipinski definition) is 4. The van der Waals surface area contributed by atoms with Crippen LogP contribution in [0.2, 0.25) is 0 Å². The van der Waals surface area contributed by atoms with Gasteiger partial charge in [0.05, 0.1) is 17.7 Å². The molecular formula is C20H28N4O3S. The van der Waals surface area contributed by atoms with Gasteiger partial charge in [-0.3, -0.25) is 4.79 Å². The Balaban J connectivity index is 2.01. The highest BCUT2D eigenvalue weighted by molar-refractivity contribution is 7.89. The molecule has 2 aromatic rings. The lowest BCUT2D eigenvalue weighted by atomic mass is 10.2. The molecular weight excluding hydrogens is 376 g/mol. The fourth-order valence-electron chi connectivity index (χ4n) is 3.11. The molecule has 1 amide bonds. The van der Waals surface area contributed by atoms with E-state index < -0.39 is 15.9 Å². The molecule has 152 valence electrons. The topological polar surface area (TPSA) is 83.8 Å². The molecule has 1 heterocycles. The number of sulfonamides is 1. The Morgan fingerprint density at radius 2 is 1.82 bits per heavy atom. The van der Waals surface area contributed by atoms with Gasteiger partial charge in [-0.2, -0.15) is 9.41 Å². The molecule has 1 N–H and O–H groups in total. The van der Waals surface area contributed by atoms with Gasteiger partial charge in [0.15, 0.2) is 0 Å². The summed E-state index contributed by atoms with van der Waals surface area (Å²) < 4.78 is 28.2. The fraction of sp³-hybridized carbons (Fsp3) is 0.400. The first-order valence-corrected chi connectivity index (χ1v) is 10.5. The molecule has 8 heteroatoms. The molecule has 7 nitrogen and oxygen atoms in total. The van der Waals surface area contributed by atoms with Crippen molar-refractivity contribution in [3.05, 3.63) is 52.8 Å². The molecule has 0 saturated carbocycles. The quantitative estimate of drug-likeness (QED) is 0.569. The zero-order valence-electron chi connectivity index (χ0n) is 17.2. The first-order valence-electron chi connectivity index (χ1n) is 9.07.